The van der Waals surface area contributed by atoms with Gasteiger partial charge in [0.05, 0.1) is 5.56 Å². The van der Waals surface area contributed by atoms with E-state index < -0.39 is 0 Å². The Hall–Kier alpha value is -1.33. The average molecular weight is 293 g/mol. The fourth-order valence-corrected chi connectivity index (χ4v) is 7.29. The Morgan fingerprint density at radius 1 is 1.00 bits per heavy atom. The van der Waals surface area contributed by atoms with Crippen molar-refractivity contribution >= 4 is 21.4 Å². The second kappa shape index (κ2) is 4.11. The van der Waals surface area contributed by atoms with Crippen molar-refractivity contribution in [3.63, 3.8) is 0 Å². The molecule has 0 saturated heterocycles. The van der Waals surface area contributed by atoms with Gasteiger partial charge in [-0.15, -0.1) is 11.3 Å². The van der Waals surface area contributed by atoms with E-state index in [1.165, 1.54) is 53.5 Å². The van der Waals surface area contributed by atoms with Crippen LogP contribution in [0.1, 0.15) is 49.0 Å². The number of nitrogens with zero attached hydrogens (tertiary/aromatic N) is 1. The molecular formula is C19H19NS. The van der Waals surface area contributed by atoms with E-state index in [9.17, 15) is 5.26 Å². The molecule has 0 spiro atoms. The molecule has 4 saturated carbocycles. The fraction of sp³-hybridized carbons (Fsp3) is 0.526. The first-order valence-electron chi connectivity index (χ1n) is 8.19. The molecule has 2 aromatic rings. The summed E-state index contributed by atoms with van der Waals surface area (Å²) in [5.41, 5.74) is 1.35. The molecule has 1 heterocycles. The molecule has 0 N–H and O–H groups in total. The van der Waals surface area contributed by atoms with Gasteiger partial charge < -0.3 is 0 Å². The second-order valence-corrected chi connectivity index (χ2v) is 8.66. The number of hydrogen-bond donors (Lipinski definition) is 0. The van der Waals surface area contributed by atoms with Crippen LogP contribution in [0.15, 0.2) is 24.3 Å². The van der Waals surface area contributed by atoms with Crippen LogP contribution in [0, 0.1) is 29.1 Å². The van der Waals surface area contributed by atoms with E-state index >= 15 is 0 Å². The lowest BCUT2D eigenvalue weighted by molar-refractivity contribution is -0.00353. The number of rotatable bonds is 1. The van der Waals surface area contributed by atoms with Crippen LogP contribution in [0.25, 0.3) is 10.1 Å². The Kier molecular flexibility index (Phi) is 2.39. The smallest absolute Gasteiger partial charge is 0.101 e. The molecule has 1 aromatic heterocycles. The van der Waals surface area contributed by atoms with E-state index in [2.05, 4.69) is 30.3 Å². The van der Waals surface area contributed by atoms with Crippen LogP contribution in [0.5, 0.6) is 0 Å². The maximum Gasteiger partial charge on any atom is 0.101 e. The maximum absolute atomic E-state index is 9.76. The molecule has 0 atom stereocenters. The summed E-state index contributed by atoms with van der Waals surface area (Å²) in [7, 11) is 0. The van der Waals surface area contributed by atoms with Crippen LogP contribution in [-0.4, -0.2) is 0 Å². The summed E-state index contributed by atoms with van der Waals surface area (Å²) >= 11 is 1.91. The quantitative estimate of drug-likeness (QED) is 0.705. The van der Waals surface area contributed by atoms with Gasteiger partial charge >= 0.3 is 0 Å². The molecule has 0 aliphatic heterocycles. The van der Waals surface area contributed by atoms with Crippen molar-refractivity contribution in [2.45, 2.75) is 43.9 Å². The van der Waals surface area contributed by atoms with Crippen LogP contribution in [0.2, 0.25) is 0 Å². The normalized spacial score (nSPS) is 37.0. The minimum absolute atomic E-state index is 0.351. The van der Waals surface area contributed by atoms with Crippen LogP contribution in [-0.2, 0) is 5.41 Å². The van der Waals surface area contributed by atoms with Crippen molar-refractivity contribution in [2.24, 2.45) is 17.8 Å². The zero-order valence-electron chi connectivity index (χ0n) is 12.1. The highest BCUT2D eigenvalue weighted by atomic mass is 32.1. The Labute approximate surface area is 129 Å². The van der Waals surface area contributed by atoms with Crippen molar-refractivity contribution < 1.29 is 0 Å². The third kappa shape index (κ3) is 1.62. The van der Waals surface area contributed by atoms with Crippen molar-refractivity contribution in [3.8, 4) is 6.07 Å². The lowest BCUT2D eigenvalue weighted by atomic mass is 9.49. The summed E-state index contributed by atoms with van der Waals surface area (Å²) in [6.45, 7) is 0. The van der Waals surface area contributed by atoms with Crippen LogP contribution < -0.4 is 0 Å². The third-order valence-corrected chi connectivity index (χ3v) is 7.64. The molecule has 4 fully saturated rings. The van der Waals surface area contributed by atoms with Gasteiger partial charge in [0.1, 0.15) is 6.07 Å². The van der Waals surface area contributed by atoms with E-state index in [-0.39, 0.29) is 0 Å². The average Bonchev–Trinajstić information content (AvgIpc) is 2.85. The molecule has 0 amide bonds. The van der Waals surface area contributed by atoms with E-state index in [1.807, 2.05) is 11.3 Å². The molecule has 1 aromatic carbocycles. The zero-order valence-corrected chi connectivity index (χ0v) is 13.0. The van der Waals surface area contributed by atoms with Crippen molar-refractivity contribution in [1.29, 1.82) is 5.26 Å². The molecule has 2 heteroatoms. The highest BCUT2D eigenvalue weighted by Gasteiger charge is 2.53. The lowest BCUT2D eigenvalue weighted by Gasteiger charge is -2.56. The van der Waals surface area contributed by atoms with Gasteiger partial charge in [-0.3, -0.25) is 0 Å². The predicted molar refractivity (Wildman–Crippen MR) is 86.4 cm³/mol. The lowest BCUT2D eigenvalue weighted by Crippen LogP contribution is -2.48. The van der Waals surface area contributed by atoms with Gasteiger partial charge in [-0.25, -0.2) is 0 Å². The van der Waals surface area contributed by atoms with E-state index in [1.54, 1.807) is 0 Å². The Balaban J connectivity index is 1.72. The van der Waals surface area contributed by atoms with Gasteiger partial charge in [-0.1, -0.05) is 18.2 Å². The summed E-state index contributed by atoms with van der Waals surface area (Å²) in [5, 5.41) is 11.0. The largest absolute Gasteiger partial charge is 0.192 e. The SMILES string of the molecule is N#Cc1c(C23CC4CC(CC(C4)C2)C3)sc2ccccc12. The first kappa shape index (κ1) is 12.2. The number of hydrogen-bond acceptors (Lipinski definition) is 2. The Morgan fingerprint density at radius 2 is 1.62 bits per heavy atom. The summed E-state index contributed by atoms with van der Waals surface area (Å²) in [6, 6.07) is 11.0. The van der Waals surface area contributed by atoms with Crippen molar-refractivity contribution in [2.75, 3.05) is 0 Å². The molecule has 0 radical (unpaired) electrons. The number of fused-ring (bicyclic) bond motifs is 1. The topological polar surface area (TPSA) is 23.8 Å². The Bertz CT molecular complexity index is 728. The molecule has 0 unspecified atom stereocenters. The van der Waals surface area contributed by atoms with Crippen LogP contribution >= 0.6 is 11.3 Å². The summed E-state index contributed by atoms with van der Waals surface area (Å²) in [5.74, 6) is 2.81. The molecule has 6 rings (SSSR count). The minimum Gasteiger partial charge on any atom is -0.192 e. The zero-order chi connectivity index (χ0) is 14.0. The van der Waals surface area contributed by atoms with Crippen molar-refractivity contribution in [3.05, 3.63) is 34.7 Å². The maximum atomic E-state index is 9.76. The molecule has 4 aliphatic rings. The van der Waals surface area contributed by atoms with E-state index in [4.69, 9.17) is 0 Å². The van der Waals surface area contributed by atoms with Gasteiger partial charge in [0.25, 0.3) is 0 Å². The number of thiophene rings is 1. The molecule has 106 valence electrons. The molecular weight excluding hydrogens is 274 g/mol. The molecule has 1 nitrogen and oxygen atoms in total. The standard InChI is InChI=1S/C19H19NS/c20-11-16-15-3-1-2-4-17(15)21-18(16)19-8-12-5-13(9-19)7-14(6-12)10-19/h1-4,12-14H,5-10H2. The Morgan fingerprint density at radius 3 is 2.24 bits per heavy atom. The molecule has 4 aliphatic carbocycles. The fourth-order valence-electron chi connectivity index (χ4n) is 5.92. The van der Waals surface area contributed by atoms with Crippen molar-refractivity contribution in [1.82, 2.24) is 0 Å². The van der Waals surface area contributed by atoms with Gasteiger partial charge in [0.2, 0.25) is 0 Å². The third-order valence-electron chi connectivity index (χ3n) is 6.23. The molecule has 21 heavy (non-hydrogen) atoms. The monoisotopic (exact) mass is 293 g/mol. The van der Waals surface area contributed by atoms with Gasteiger partial charge in [-0.05, 0) is 62.3 Å². The van der Waals surface area contributed by atoms with Gasteiger partial charge in [0, 0.05) is 20.4 Å². The summed E-state index contributed by atoms with van der Waals surface area (Å²) in [4.78, 5) is 1.44. The first-order chi connectivity index (χ1) is 10.3. The summed E-state index contributed by atoms with van der Waals surface area (Å²) < 4.78 is 1.31. The van der Waals surface area contributed by atoms with Gasteiger partial charge in [0.15, 0.2) is 0 Å². The minimum atomic E-state index is 0.351. The number of nitriles is 1. The van der Waals surface area contributed by atoms with E-state index in [0.717, 1.165) is 23.3 Å². The first-order valence-corrected chi connectivity index (χ1v) is 9.01. The van der Waals surface area contributed by atoms with Crippen LogP contribution in [0.4, 0.5) is 0 Å². The van der Waals surface area contributed by atoms with E-state index in [0.29, 0.717) is 5.41 Å². The predicted octanol–water partition coefficient (Wildman–Crippen LogP) is 5.24. The molecule has 4 bridgehead atoms. The highest BCUT2D eigenvalue weighted by molar-refractivity contribution is 7.19. The van der Waals surface area contributed by atoms with Crippen LogP contribution in [0.3, 0.4) is 0 Å². The second-order valence-electron chi connectivity index (χ2n) is 7.61. The van der Waals surface area contributed by atoms with Gasteiger partial charge in [-0.2, -0.15) is 5.26 Å². The highest BCUT2D eigenvalue weighted by Crippen LogP contribution is 2.62. The number of benzene rings is 1. The summed E-state index contributed by atoms with van der Waals surface area (Å²) in [6.07, 6.45) is 8.44.